The van der Waals surface area contributed by atoms with E-state index in [-0.39, 0.29) is 30.2 Å². The van der Waals surface area contributed by atoms with E-state index in [1.54, 1.807) is 11.0 Å². The molecular formula is C21H25F3N2O2. The second-order valence-corrected chi connectivity index (χ2v) is 8.37. The van der Waals surface area contributed by atoms with Crippen LogP contribution in [0.1, 0.15) is 55.7 Å². The summed E-state index contributed by atoms with van der Waals surface area (Å²) in [5.74, 6) is 0.185. The van der Waals surface area contributed by atoms with Crippen molar-refractivity contribution >= 4 is 11.8 Å². The van der Waals surface area contributed by atoms with E-state index in [1.807, 2.05) is 0 Å². The van der Waals surface area contributed by atoms with Crippen LogP contribution >= 0.6 is 0 Å². The number of amides is 2. The molecule has 1 aromatic carbocycles. The van der Waals surface area contributed by atoms with Crippen LogP contribution in [0, 0.1) is 17.8 Å². The Morgan fingerprint density at radius 1 is 1.04 bits per heavy atom. The van der Waals surface area contributed by atoms with E-state index in [0.29, 0.717) is 30.9 Å². The van der Waals surface area contributed by atoms with Gasteiger partial charge in [-0.25, -0.2) is 0 Å². The smallest absolute Gasteiger partial charge is 0.356 e. The van der Waals surface area contributed by atoms with E-state index in [1.165, 1.54) is 6.07 Å². The van der Waals surface area contributed by atoms with Crippen LogP contribution in [0.25, 0.3) is 0 Å². The summed E-state index contributed by atoms with van der Waals surface area (Å²) in [6.07, 6.45) is 0.602. The van der Waals surface area contributed by atoms with Gasteiger partial charge in [-0.1, -0.05) is 12.1 Å². The number of carbonyl (C=O) groups is 2. The fourth-order valence-electron chi connectivity index (χ4n) is 3.97. The molecule has 7 heteroatoms. The molecule has 0 spiro atoms. The Balaban J connectivity index is 1.51. The molecule has 1 N–H and O–H groups in total. The predicted octanol–water partition coefficient (Wildman–Crippen LogP) is 3.92. The number of carbonyl (C=O) groups excluding carboxylic acids is 2. The summed E-state index contributed by atoms with van der Waals surface area (Å²) in [5, 5.41) is 2.98. The molecule has 152 valence electrons. The number of nitrogens with zero attached hydrogens (tertiary/aromatic N) is 1. The van der Waals surface area contributed by atoms with E-state index in [4.69, 9.17) is 0 Å². The third kappa shape index (κ3) is 4.33. The summed E-state index contributed by atoms with van der Waals surface area (Å²) >= 11 is 0. The molecule has 0 aromatic heterocycles. The summed E-state index contributed by atoms with van der Waals surface area (Å²) < 4.78 is 39.4. The van der Waals surface area contributed by atoms with Crippen molar-refractivity contribution in [3.8, 4) is 0 Å². The summed E-state index contributed by atoms with van der Waals surface area (Å²) in [4.78, 5) is 27.0. The predicted molar refractivity (Wildman–Crippen MR) is 97.1 cm³/mol. The molecular weight excluding hydrogens is 369 g/mol. The van der Waals surface area contributed by atoms with Crippen LogP contribution in [-0.2, 0) is 15.8 Å². The largest absolute Gasteiger partial charge is 0.416 e. The van der Waals surface area contributed by atoms with Crippen molar-refractivity contribution in [2.24, 2.45) is 17.8 Å². The first-order valence-corrected chi connectivity index (χ1v) is 10.1. The summed E-state index contributed by atoms with van der Waals surface area (Å²) in [5.41, 5.74) is -0.200. The van der Waals surface area contributed by atoms with Gasteiger partial charge in [-0.2, -0.15) is 13.2 Å². The molecule has 28 heavy (non-hydrogen) atoms. The second kappa shape index (κ2) is 7.41. The second-order valence-electron chi connectivity index (χ2n) is 8.37. The third-order valence-corrected chi connectivity index (χ3v) is 6.02. The summed E-state index contributed by atoms with van der Waals surface area (Å²) in [6, 6.07) is 4.84. The van der Waals surface area contributed by atoms with Crippen molar-refractivity contribution in [2.45, 2.75) is 50.7 Å². The van der Waals surface area contributed by atoms with Crippen LogP contribution in [0.5, 0.6) is 0 Å². The van der Waals surface area contributed by atoms with E-state index in [0.717, 1.165) is 37.8 Å². The molecule has 2 saturated carbocycles. The Bertz CT molecular complexity index is 756. The molecule has 2 amide bonds. The van der Waals surface area contributed by atoms with Crippen molar-refractivity contribution in [3.05, 3.63) is 35.4 Å². The lowest BCUT2D eigenvalue weighted by molar-refractivity contribution is -0.140. The van der Waals surface area contributed by atoms with Crippen LogP contribution in [0.4, 0.5) is 13.2 Å². The molecule has 0 radical (unpaired) electrons. The van der Waals surface area contributed by atoms with Gasteiger partial charge in [0.15, 0.2) is 0 Å². The Morgan fingerprint density at radius 3 is 2.39 bits per heavy atom. The minimum absolute atomic E-state index is 0.0258. The normalized spacial score (nSPS) is 25.5. The van der Waals surface area contributed by atoms with Gasteiger partial charge in [0.1, 0.15) is 0 Å². The minimum atomic E-state index is -4.42. The SMILES string of the molecule is O=C(NCC1CC1)[C@H]1CC[C@H](c2cccc(C(F)(F)F)c2)N(C(=O)C2CC2)C1. The molecule has 1 saturated heterocycles. The highest BCUT2D eigenvalue weighted by atomic mass is 19.4. The number of alkyl halides is 3. The average molecular weight is 394 g/mol. The first kappa shape index (κ1) is 19.3. The molecule has 2 aliphatic carbocycles. The number of piperidine rings is 1. The molecule has 1 heterocycles. The number of hydrogen-bond donors (Lipinski definition) is 1. The third-order valence-electron chi connectivity index (χ3n) is 6.02. The highest BCUT2D eigenvalue weighted by Crippen LogP contribution is 2.40. The number of rotatable bonds is 5. The van der Waals surface area contributed by atoms with Gasteiger partial charge >= 0.3 is 6.18 Å². The fraction of sp³-hybridized carbons (Fsp3) is 0.619. The van der Waals surface area contributed by atoms with Gasteiger partial charge in [-0.05, 0) is 62.1 Å². The maximum absolute atomic E-state index is 13.1. The number of halogens is 3. The monoisotopic (exact) mass is 394 g/mol. The fourth-order valence-corrected chi connectivity index (χ4v) is 3.97. The molecule has 2 atom stereocenters. The van der Waals surface area contributed by atoms with Crippen molar-refractivity contribution in [1.29, 1.82) is 0 Å². The zero-order valence-electron chi connectivity index (χ0n) is 15.7. The van der Waals surface area contributed by atoms with E-state index in [9.17, 15) is 22.8 Å². The standard InChI is InChI=1S/C21H25F3N2O2/c22-21(23,24)17-3-1-2-15(10-17)18-9-8-16(19(27)25-11-13-4-5-13)12-26(18)20(28)14-6-7-14/h1-3,10,13-14,16,18H,4-9,11-12H2,(H,25,27)/t16-,18+/m0/s1. The first-order chi connectivity index (χ1) is 13.3. The molecule has 1 aliphatic heterocycles. The van der Waals surface area contributed by atoms with Crippen LogP contribution in [0.15, 0.2) is 24.3 Å². The van der Waals surface area contributed by atoms with E-state index < -0.39 is 17.8 Å². The van der Waals surface area contributed by atoms with Crippen molar-refractivity contribution < 1.29 is 22.8 Å². The molecule has 1 aromatic rings. The topological polar surface area (TPSA) is 49.4 Å². The van der Waals surface area contributed by atoms with Crippen molar-refractivity contribution in [1.82, 2.24) is 10.2 Å². The lowest BCUT2D eigenvalue weighted by Gasteiger charge is -2.40. The maximum atomic E-state index is 13.1. The molecule has 0 unspecified atom stereocenters. The summed E-state index contributed by atoms with van der Waals surface area (Å²) in [6.45, 7) is 0.968. The molecule has 0 bridgehead atoms. The Hall–Kier alpha value is -2.05. The van der Waals surface area contributed by atoms with Gasteiger partial charge in [0.25, 0.3) is 0 Å². The maximum Gasteiger partial charge on any atom is 0.416 e. The lowest BCUT2D eigenvalue weighted by atomic mass is 9.87. The highest BCUT2D eigenvalue weighted by molar-refractivity contribution is 5.84. The van der Waals surface area contributed by atoms with Crippen LogP contribution in [0.2, 0.25) is 0 Å². The summed E-state index contributed by atoms with van der Waals surface area (Å²) in [7, 11) is 0. The molecule has 4 nitrogen and oxygen atoms in total. The number of nitrogens with one attached hydrogen (secondary N) is 1. The molecule has 4 rings (SSSR count). The lowest BCUT2D eigenvalue weighted by Crippen LogP contribution is -2.47. The molecule has 3 aliphatic rings. The zero-order chi connectivity index (χ0) is 19.9. The van der Waals surface area contributed by atoms with Gasteiger partial charge in [-0.3, -0.25) is 9.59 Å². The Morgan fingerprint density at radius 2 is 1.75 bits per heavy atom. The Kier molecular flexibility index (Phi) is 5.10. The van der Waals surface area contributed by atoms with Gasteiger partial charge in [0.05, 0.1) is 17.5 Å². The Labute approximate surface area is 162 Å². The minimum Gasteiger partial charge on any atom is -0.356 e. The van der Waals surface area contributed by atoms with Crippen molar-refractivity contribution in [2.75, 3.05) is 13.1 Å². The van der Waals surface area contributed by atoms with Crippen molar-refractivity contribution in [3.63, 3.8) is 0 Å². The van der Waals surface area contributed by atoms with Crippen LogP contribution < -0.4 is 5.32 Å². The first-order valence-electron chi connectivity index (χ1n) is 10.1. The zero-order valence-corrected chi connectivity index (χ0v) is 15.7. The number of hydrogen-bond acceptors (Lipinski definition) is 2. The number of benzene rings is 1. The molecule has 3 fully saturated rings. The average Bonchev–Trinajstić information content (AvgIpc) is 3.57. The highest BCUT2D eigenvalue weighted by Gasteiger charge is 2.42. The van der Waals surface area contributed by atoms with E-state index in [2.05, 4.69) is 5.32 Å². The van der Waals surface area contributed by atoms with Gasteiger partial charge < -0.3 is 10.2 Å². The van der Waals surface area contributed by atoms with Crippen LogP contribution in [0.3, 0.4) is 0 Å². The van der Waals surface area contributed by atoms with Gasteiger partial charge in [-0.15, -0.1) is 0 Å². The van der Waals surface area contributed by atoms with Gasteiger partial charge in [0, 0.05) is 19.0 Å². The van der Waals surface area contributed by atoms with Crippen LogP contribution in [-0.4, -0.2) is 29.8 Å². The van der Waals surface area contributed by atoms with E-state index >= 15 is 0 Å². The quantitative estimate of drug-likeness (QED) is 0.823. The van der Waals surface area contributed by atoms with Gasteiger partial charge in [0.2, 0.25) is 11.8 Å². The number of likely N-dealkylation sites (tertiary alicyclic amines) is 1.